The second kappa shape index (κ2) is 13.9. The summed E-state index contributed by atoms with van der Waals surface area (Å²) in [5, 5.41) is 9.53. The molecule has 3 aromatic rings. The molecule has 0 bridgehead atoms. The minimum absolute atomic E-state index is 0.246. The highest BCUT2D eigenvalue weighted by molar-refractivity contribution is 6.37. The van der Waals surface area contributed by atoms with Crippen LogP contribution in [0.4, 0.5) is 5.69 Å². The Labute approximate surface area is 243 Å². The van der Waals surface area contributed by atoms with Crippen molar-refractivity contribution in [2.75, 3.05) is 4.90 Å². The van der Waals surface area contributed by atoms with Crippen molar-refractivity contribution in [3.05, 3.63) is 105 Å². The van der Waals surface area contributed by atoms with Crippen molar-refractivity contribution in [1.82, 2.24) is 5.32 Å². The molecule has 3 aromatic carbocycles. The van der Waals surface area contributed by atoms with Gasteiger partial charge in [0.2, 0.25) is 0 Å². The fourth-order valence-corrected chi connectivity index (χ4v) is 5.30. The molecule has 10 heteroatoms. The van der Waals surface area contributed by atoms with Crippen molar-refractivity contribution in [3.8, 4) is 0 Å². The van der Waals surface area contributed by atoms with E-state index in [9.17, 15) is 9.59 Å². The lowest BCUT2D eigenvalue weighted by Gasteiger charge is -2.25. The number of hydrogen-bond donors (Lipinski definition) is 3. The standard InChI is InChI=1S/C30H30Cl2N6O2/c31-26-7-4-8-27(32)25(26)17-18-28(39)38(24-15-13-22(14-16-24)21-5-2-1-3-6-21)19-20-9-11-23(12-10-20)29(40)35-30(36-33)37-34/h4,7-18,21,33H,1-3,5-6,19,34H2,(H,35,37,40)/b18-17+,36-33?. The molecule has 1 aliphatic carbocycles. The molecule has 0 saturated heterocycles. The first kappa shape index (κ1) is 29.0. The lowest BCUT2D eigenvalue weighted by Crippen LogP contribution is -2.30. The number of anilines is 1. The molecule has 2 amide bonds. The molecular weight excluding hydrogens is 547 g/mol. The molecule has 8 nitrogen and oxygen atoms in total. The zero-order valence-electron chi connectivity index (χ0n) is 21.8. The third-order valence-corrected chi connectivity index (χ3v) is 7.61. The Hall–Kier alpha value is -4.01. The van der Waals surface area contributed by atoms with E-state index in [0.29, 0.717) is 27.1 Å². The van der Waals surface area contributed by atoms with Crippen LogP contribution in [0.5, 0.6) is 0 Å². The highest BCUT2D eigenvalue weighted by Crippen LogP contribution is 2.34. The molecule has 0 spiro atoms. The number of hydrazone groups is 1. The summed E-state index contributed by atoms with van der Waals surface area (Å²) >= 11 is 12.6. The molecule has 0 atom stereocenters. The van der Waals surface area contributed by atoms with Crippen LogP contribution in [0.25, 0.3) is 6.08 Å². The highest BCUT2D eigenvalue weighted by Gasteiger charge is 2.19. The van der Waals surface area contributed by atoms with Gasteiger partial charge in [-0.1, -0.05) is 72.8 Å². The van der Waals surface area contributed by atoms with E-state index in [0.717, 1.165) is 11.3 Å². The summed E-state index contributed by atoms with van der Waals surface area (Å²) < 4.78 is 0. The summed E-state index contributed by atoms with van der Waals surface area (Å²) in [4.78, 5) is 27.6. The number of carbonyl (C=O) groups excluding carboxylic acids is 2. The third kappa shape index (κ3) is 7.34. The van der Waals surface area contributed by atoms with Crippen molar-refractivity contribution in [1.29, 1.82) is 5.53 Å². The van der Waals surface area contributed by atoms with Gasteiger partial charge in [-0.05, 0) is 72.4 Å². The summed E-state index contributed by atoms with van der Waals surface area (Å²) in [5.41, 5.74) is 10.7. The van der Waals surface area contributed by atoms with Gasteiger partial charge in [0, 0.05) is 32.9 Å². The van der Waals surface area contributed by atoms with Gasteiger partial charge in [-0.15, -0.1) is 10.2 Å². The maximum Gasteiger partial charge on any atom is 0.265 e. The molecular formula is C30H30Cl2N6O2. The maximum atomic E-state index is 13.5. The van der Waals surface area contributed by atoms with Crippen molar-refractivity contribution in [3.63, 3.8) is 0 Å². The Kier molecular flexibility index (Phi) is 10.0. The quantitative estimate of drug-likeness (QED) is 0.0683. The fourth-order valence-electron chi connectivity index (χ4n) is 4.78. The fraction of sp³-hybridized carbons (Fsp3) is 0.233. The Bertz CT molecular complexity index is 1390. The number of carbonyl (C=O) groups is 2. The number of guanidine groups is 1. The van der Waals surface area contributed by atoms with E-state index in [1.807, 2.05) is 12.1 Å². The molecule has 0 aliphatic heterocycles. The lowest BCUT2D eigenvalue weighted by atomic mass is 9.84. The SMILES string of the molecule is N=N/C(=N\N)NC(=O)c1ccc(CN(C(=O)/C=C/c2c(Cl)cccc2Cl)c2ccc(C3CCCCC3)cc2)cc1. The van der Waals surface area contributed by atoms with Crippen LogP contribution < -0.4 is 16.1 Å². The molecule has 0 aromatic heterocycles. The van der Waals surface area contributed by atoms with E-state index in [2.05, 4.69) is 27.7 Å². The van der Waals surface area contributed by atoms with Crippen molar-refractivity contribution in [2.24, 2.45) is 16.1 Å². The first-order valence-electron chi connectivity index (χ1n) is 13.0. The van der Waals surface area contributed by atoms with E-state index in [1.165, 1.54) is 43.7 Å². The average Bonchev–Trinajstić information content (AvgIpc) is 2.99. The van der Waals surface area contributed by atoms with Crippen LogP contribution in [-0.2, 0) is 11.3 Å². The van der Waals surface area contributed by atoms with Crippen LogP contribution in [0, 0.1) is 5.53 Å². The van der Waals surface area contributed by atoms with Gasteiger partial charge in [-0.3, -0.25) is 14.9 Å². The topological polar surface area (TPSA) is 124 Å². The predicted octanol–water partition coefficient (Wildman–Crippen LogP) is 7.28. The molecule has 0 unspecified atom stereocenters. The maximum absolute atomic E-state index is 13.5. The number of nitrogens with zero attached hydrogens (tertiary/aromatic N) is 3. The van der Waals surface area contributed by atoms with Crippen molar-refractivity contribution >= 4 is 52.7 Å². The lowest BCUT2D eigenvalue weighted by molar-refractivity contribution is -0.114. The highest BCUT2D eigenvalue weighted by atomic mass is 35.5. The normalized spacial score (nSPS) is 14.2. The Morgan fingerprint density at radius 1 is 0.975 bits per heavy atom. The number of halogens is 2. The predicted molar refractivity (Wildman–Crippen MR) is 160 cm³/mol. The number of benzene rings is 3. The van der Waals surface area contributed by atoms with E-state index in [1.54, 1.807) is 53.4 Å². The van der Waals surface area contributed by atoms with Crippen LogP contribution in [0.15, 0.2) is 83.0 Å². The minimum Gasteiger partial charge on any atom is -0.320 e. The van der Waals surface area contributed by atoms with E-state index in [-0.39, 0.29) is 18.4 Å². The van der Waals surface area contributed by atoms with Crippen LogP contribution >= 0.6 is 23.2 Å². The van der Waals surface area contributed by atoms with Crippen LogP contribution in [0.2, 0.25) is 10.0 Å². The first-order valence-corrected chi connectivity index (χ1v) is 13.7. The van der Waals surface area contributed by atoms with Crippen molar-refractivity contribution < 1.29 is 9.59 Å². The van der Waals surface area contributed by atoms with Gasteiger partial charge in [-0.25, -0.2) is 5.53 Å². The molecule has 1 fully saturated rings. The molecule has 1 saturated carbocycles. The Morgan fingerprint density at radius 2 is 1.62 bits per heavy atom. The molecule has 1 aliphatic rings. The second-order valence-corrected chi connectivity index (χ2v) is 10.3. The van der Waals surface area contributed by atoms with E-state index >= 15 is 0 Å². The van der Waals surface area contributed by atoms with Gasteiger partial charge in [0.15, 0.2) is 0 Å². The van der Waals surface area contributed by atoms with Gasteiger partial charge >= 0.3 is 0 Å². The number of rotatable bonds is 7. The summed E-state index contributed by atoms with van der Waals surface area (Å²) in [6.07, 6.45) is 9.26. The zero-order valence-corrected chi connectivity index (χ0v) is 23.3. The molecule has 0 radical (unpaired) electrons. The van der Waals surface area contributed by atoms with Gasteiger partial charge < -0.3 is 10.7 Å². The Balaban J connectivity index is 1.58. The molecule has 4 N–H and O–H groups in total. The molecule has 0 heterocycles. The molecule has 4 rings (SSSR count). The zero-order chi connectivity index (χ0) is 28.5. The van der Waals surface area contributed by atoms with Crippen molar-refractivity contribution in [2.45, 2.75) is 44.6 Å². The summed E-state index contributed by atoms with van der Waals surface area (Å²) in [5.74, 6) is 4.61. The number of nitrogens with two attached hydrogens (primary N) is 1. The van der Waals surface area contributed by atoms with Gasteiger partial charge in [-0.2, -0.15) is 0 Å². The van der Waals surface area contributed by atoms with Gasteiger partial charge in [0.1, 0.15) is 0 Å². The summed E-state index contributed by atoms with van der Waals surface area (Å²) in [6, 6.07) is 20.1. The minimum atomic E-state index is -0.502. The van der Waals surface area contributed by atoms with E-state index in [4.69, 9.17) is 34.6 Å². The van der Waals surface area contributed by atoms with Gasteiger partial charge in [0.05, 0.1) is 6.54 Å². The monoisotopic (exact) mass is 576 g/mol. The summed E-state index contributed by atoms with van der Waals surface area (Å²) in [7, 11) is 0. The number of amides is 2. The largest absolute Gasteiger partial charge is 0.320 e. The smallest absolute Gasteiger partial charge is 0.265 e. The number of hydrogen-bond acceptors (Lipinski definition) is 5. The van der Waals surface area contributed by atoms with Crippen LogP contribution in [-0.4, -0.2) is 17.8 Å². The second-order valence-electron chi connectivity index (χ2n) is 9.54. The molecule has 206 valence electrons. The van der Waals surface area contributed by atoms with Gasteiger partial charge in [0.25, 0.3) is 17.8 Å². The third-order valence-electron chi connectivity index (χ3n) is 6.95. The number of nitrogens with one attached hydrogen (secondary N) is 2. The van der Waals surface area contributed by atoms with Crippen LogP contribution in [0.3, 0.4) is 0 Å². The molecule has 40 heavy (non-hydrogen) atoms. The first-order chi connectivity index (χ1) is 19.4. The van der Waals surface area contributed by atoms with Crippen LogP contribution in [0.1, 0.15) is 65.1 Å². The van der Waals surface area contributed by atoms with E-state index < -0.39 is 5.91 Å². The average molecular weight is 578 g/mol. The Morgan fingerprint density at radius 3 is 2.23 bits per heavy atom. The summed E-state index contributed by atoms with van der Waals surface area (Å²) in [6.45, 7) is 0.266.